The summed E-state index contributed by atoms with van der Waals surface area (Å²) in [6, 6.07) is 0. The molecule has 2 fully saturated rings. The summed E-state index contributed by atoms with van der Waals surface area (Å²) in [6.45, 7) is 8.45. The van der Waals surface area contributed by atoms with Gasteiger partial charge in [-0.15, -0.1) is 0 Å². The first-order chi connectivity index (χ1) is 8.86. The highest BCUT2D eigenvalue weighted by atomic mass is 32.1. The van der Waals surface area contributed by atoms with Gasteiger partial charge >= 0.3 is 0 Å². The lowest BCUT2D eigenvalue weighted by Crippen LogP contribution is -2.58. The van der Waals surface area contributed by atoms with Crippen LogP contribution in [0.15, 0.2) is 0 Å². The second kappa shape index (κ2) is 5.39. The van der Waals surface area contributed by atoms with Gasteiger partial charge in [-0.05, 0) is 43.4 Å². The highest BCUT2D eigenvalue weighted by molar-refractivity contribution is 7.80. The zero-order valence-corrected chi connectivity index (χ0v) is 13.1. The average Bonchev–Trinajstić information content (AvgIpc) is 2.33. The van der Waals surface area contributed by atoms with Crippen LogP contribution in [0.5, 0.6) is 0 Å². The number of hydrogen-bond donors (Lipinski definition) is 1. The second-order valence-electron chi connectivity index (χ2n) is 6.83. The van der Waals surface area contributed by atoms with E-state index in [9.17, 15) is 4.79 Å². The highest BCUT2D eigenvalue weighted by Crippen LogP contribution is 2.47. The summed E-state index contributed by atoms with van der Waals surface area (Å²) in [5.41, 5.74) is 5.35. The van der Waals surface area contributed by atoms with Gasteiger partial charge in [0.1, 0.15) is 0 Å². The van der Waals surface area contributed by atoms with E-state index in [0.29, 0.717) is 16.8 Å². The van der Waals surface area contributed by atoms with E-state index < -0.39 is 5.41 Å². The van der Waals surface area contributed by atoms with Crippen molar-refractivity contribution in [3.8, 4) is 0 Å². The summed E-state index contributed by atoms with van der Waals surface area (Å²) in [5, 5.41) is 0. The van der Waals surface area contributed by atoms with Crippen LogP contribution in [0, 0.1) is 23.2 Å². The van der Waals surface area contributed by atoms with Gasteiger partial charge in [0.15, 0.2) is 0 Å². The largest absolute Gasteiger partial charge is 0.392 e. The minimum Gasteiger partial charge on any atom is -0.392 e. The molecule has 0 aromatic heterocycles. The van der Waals surface area contributed by atoms with Gasteiger partial charge in [0.25, 0.3) is 0 Å². The monoisotopic (exact) mass is 282 g/mol. The molecule has 0 radical (unpaired) electrons. The first-order valence-corrected chi connectivity index (χ1v) is 7.87. The molecule has 0 bridgehead atoms. The second-order valence-corrected chi connectivity index (χ2v) is 7.27. The van der Waals surface area contributed by atoms with Gasteiger partial charge in [-0.2, -0.15) is 0 Å². The van der Waals surface area contributed by atoms with Crippen molar-refractivity contribution in [3.63, 3.8) is 0 Å². The minimum absolute atomic E-state index is 0.195. The molecule has 1 saturated carbocycles. The van der Waals surface area contributed by atoms with Crippen molar-refractivity contribution < 1.29 is 4.79 Å². The van der Waals surface area contributed by atoms with Crippen LogP contribution in [-0.2, 0) is 4.79 Å². The third kappa shape index (κ3) is 2.64. The predicted molar refractivity (Wildman–Crippen MR) is 81.8 cm³/mol. The topological polar surface area (TPSA) is 46.3 Å². The van der Waals surface area contributed by atoms with Gasteiger partial charge in [0.05, 0.1) is 10.4 Å². The number of thiocarbonyl (C=S) groups is 1. The molecule has 0 unspecified atom stereocenters. The van der Waals surface area contributed by atoms with Crippen LogP contribution >= 0.6 is 12.2 Å². The molecular weight excluding hydrogens is 256 g/mol. The van der Waals surface area contributed by atoms with E-state index in [1.807, 2.05) is 4.90 Å². The number of nitrogens with two attached hydrogens (primary N) is 1. The molecule has 0 spiro atoms. The van der Waals surface area contributed by atoms with Gasteiger partial charge < -0.3 is 10.6 Å². The first-order valence-electron chi connectivity index (χ1n) is 7.46. The molecule has 108 valence electrons. The maximum Gasteiger partial charge on any atom is 0.235 e. The number of likely N-dealkylation sites (tertiary alicyclic amines) is 1. The minimum atomic E-state index is -0.514. The van der Waals surface area contributed by atoms with Crippen LogP contribution in [0.4, 0.5) is 0 Å². The fraction of sp³-hybridized carbons (Fsp3) is 0.867. The third-order valence-corrected chi connectivity index (χ3v) is 5.44. The van der Waals surface area contributed by atoms with Crippen LogP contribution in [0.25, 0.3) is 0 Å². The summed E-state index contributed by atoms with van der Waals surface area (Å²) in [4.78, 5) is 15.1. The number of nitrogens with zero attached hydrogens (tertiary/aromatic N) is 1. The van der Waals surface area contributed by atoms with Crippen LogP contribution in [0.1, 0.15) is 46.5 Å². The van der Waals surface area contributed by atoms with E-state index in [2.05, 4.69) is 20.8 Å². The van der Waals surface area contributed by atoms with Crippen molar-refractivity contribution in [1.82, 2.24) is 4.90 Å². The summed E-state index contributed by atoms with van der Waals surface area (Å²) in [7, 11) is 0. The number of carbonyl (C=O) groups is 1. The molecule has 2 N–H and O–H groups in total. The Morgan fingerprint density at radius 2 is 1.84 bits per heavy atom. The van der Waals surface area contributed by atoms with Crippen LogP contribution in [0.2, 0.25) is 0 Å². The molecule has 19 heavy (non-hydrogen) atoms. The number of carbonyl (C=O) groups excluding carboxylic acids is 1. The van der Waals surface area contributed by atoms with Crippen molar-refractivity contribution in [1.29, 1.82) is 0 Å². The average molecular weight is 282 g/mol. The fourth-order valence-corrected chi connectivity index (χ4v) is 3.94. The van der Waals surface area contributed by atoms with E-state index in [1.54, 1.807) is 0 Å². The third-order valence-electron chi connectivity index (χ3n) is 5.04. The lowest BCUT2D eigenvalue weighted by Gasteiger charge is -2.48. The molecule has 2 aliphatic rings. The Hall–Kier alpha value is -0.640. The Balaban J connectivity index is 1.99. The van der Waals surface area contributed by atoms with E-state index in [-0.39, 0.29) is 5.91 Å². The fourth-order valence-electron chi connectivity index (χ4n) is 3.68. The van der Waals surface area contributed by atoms with Crippen LogP contribution in [0.3, 0.4) is 0 Å². The van der Waals surface area contributed by atoms with Gasteiger partial charge in [-0.25, -0.2) is 0 Å². The molecule has 1 aliphatic heterocycles. The Morgan fingerprint density at radius 1 is 1.32 bits per heavy atom. The summed E-state index contributed by atoms with van der Waals surface area (Å²) in [6.07, 6.45) is 3.91. The molecule has 0 atom stereocenters. The molecule has 1 amide bonds. The molecule has 0 aromatic rings. The number of amides is 1. The number of piperidine rings is 1. The molecular formula is C15H26N2OS. The number of hydrogen-bond acceptors (Lipinski definition) is 2. The molecule has 4 heteroatoms. The molecule has 0 aromatic carbocycles. The maximum absolute atomic E-state index is 12.7. The van der Waals surface area contributed by atoms with Crippen molar-refractivity contribution in [2.24, 2.45) is 28.9 Å². The van der Waals surface area contributed by atoms with E-state index in [4.69, 9.17) is 18.0 Å². The summed E-state index contributed by atoms with van der Waals surface area (Å²) < 4.78 is 0. The van der Waals surface area contributed by atoms with Gasteiger partial charge in [0.2, 0.25) is 5.91 Å². The van der Waals surface area contributed by atoms with E-state index in [0.717, 1.165) is 44.7 Å². The van der Waals surface area contributed by atoms with Crippen LogP contribution < -0.4 is 5.73 Å². The Bertz CT molecular complexity index is 366. The lowest BCUT2D eigenvalue weighted by molar-refractivity contribution is -0.145. The SMILES string of the molecule is CC1CC(C(=O)N2CCC(C(C)C)CC2)(C(N)=S)C1. The Kier molecular flexibility index (Phi) is 4.19. The van der Waals surface area contributed by atoms with Crippen molar-refractivity contribution in [3.05, 3.63) is 0 Å². The molecule has 2 rings (SSSR count). The summed E-state index contributed by atoms with van der Waals surface area (Å²) in [5.74, 6) is 2.23. The Labute approximate surface area is 121 Å². The van der Waals surface area contributed by atoms with Gasteiger partial charge in [-0.1, -0.05) is 33.0 Å². The highest BCUT2D eigenvalue weighted by Gasteiger charge is 2.52. The van der Waals surface area contributed by atoms with Gasteiger partial charge in [-0.3, -0.25) is 4.79 Å². The molecule has 1 saturated heterocycles. The van der Waals surface area contributed by atoms with Crippen LogP contribution in [-0.4, -0.2) is 28.9 Å². The normalized spacial score (nSPS) is 32.2. The Morgan fingerprint density at radius 3 is 2.21 bits per heavy atom. The maximum atomic E-state index is 12.7. The molecule has 1 aliphatic carbocycles. The quantitative estimate of drug-likeness (QED) is 0.809. The first kappa shape index (κ1) is 14.8. The molecule has 1 heterocycles. The molecule has 3 nitrogen and oxygen atoms in total. The smallest absolute Gasteiger partial charge is 0.235 e. The zero-order valence-electron chi connectivity index (χ0n) is 12.3. The predicted octanol–water partition coefficient (Wildman–Crippen LogP) is 2.58. The summed E-state index contributed by atoms with van der Waals surface area (Å²) >= 11 is 5.17. The van der Waals surface area contributed by atoms with Gasteiger partial charge in [0, 0.05) is 13.1 Å². The lowest BCUT2D eigenvalue weighted by atomic mass is 9.61. The van der Waals surface area contributed by atoms with Crippen molar-refractivity contribution >= 4 is 23.1 Å². The van der Waals surface area contributed by atoms with Crippen molar-refractivity contribution in [2.45, 2.75) is 46.5 Å². The van der Waals surface area contributed by atoms with Crippen molar-refractivity contribution in [2.75, 3.05) is 13.1 Å². The standard InChI is InChI=1S/C15H26N2OS/c1-10(2)12-4-6-17(7-5-12)14(18)15(13(16)19)8-11(3)9-15/h10-12H,4-9H2,1-3H3,(H2,16,19). The van der Waals surface area contributed by atoms with E-state index >= 15 is 0 Å². The number of rotatable bonds is 3. The zero-order chi connectivity index (χ0) is 14.2. The van der Waals surface area contributed by atoms with E-state index in [1.165, 1.54) is 0 Å².